The number of fused-ring (bicyclic) bond motifs is 3. The number of benzene rings is 2. The van der Waals surface area contributed by atoms with Crippen molar-refractivity contribution in [2.75, 3.05) is 0 Å². The van der Waals surface area contributed by atoms with Crippen molar-refractivity contribution in [3.05, 3.63) is 65.9 Å². The predicted molar refractivity (Wildman–Crippen MR) is 86.4 cm³/mol. The third-order valence-corrected chi connectivity index (χ3v) is 3.92. The van der Waals surface area contributed by atoms with Crippen molar-refractivity contribution in [2.45, 2.75) is 13.8 Å². The van der Waals surface area contributed by atoms with Crippen LogP contribution in [0.2, 0.25) is 0 Å². The van der Waals surface area contributed by atoms with E-state index in [9.17, 15) is 0 Å². The highest BCUT2D eigenvalue weighted by Gasteiger charge is 2.11. The molecule has 0 fully saturated rings. The molecule has 4 aromatic rings. The average Bonchev–Trinajstić information content (AvgIpc) is 2.83. The lowest BCUT2D eigenvalue weighted by Crippen LogP contribution is -1.88. The lowest BCUT2D eigenvalue weighted by molar-refractivity contribution is 0.668. The zero-order valence-electron chi connectivity index (χ0n) is 12.1. The van der Waals surface area contributed by atoms with Crippen LogP contribution in [0.1, 0.15) is 11.1 Å². The largest absolute Gasteiger partial charge is 0.456 e. The second-order valence-corrected chi connectivity index (χ2v) is 5.48. The molecule has 2 aromatic heterocycles. The number of hydrogen-bond acceptors (Lipinski definition) is 2. The molecular formula is C19H15NO. The molecule has 102 valence electrons. The van der Waals surface area contributed by atoms with Crippen LogP contribution in [0.5, 0.6) is 0 Å². The fourth-order valence-corrected chi connectivity index (χ4v) is 2.83. The molecule has 0 aliphatic heterocycles. The van der Waals surface area contributed by atoms with Crippen molar-refractivity contribution >= 4 is 21.9 Å². The van der Waals surface area contributed by atoms with Gasteiger partial charge in [0.05, 0.1) is 5.69 Å². The van der Waals surface area contributed by atoms with E-state index < -0.39 is 0 Å². The van der Waals surface area contributed by atoms with Gasteiger partial charge in [0.15, 0.2) is 0 Å². The van der Waals surface area contributed by atoms with Crippen LogP contribution in [0.25, 0.3) is 33.2 Å². The first-order valence-electron chi connectivity index (χ1n) is 7.07. The van der Waals surface area contributed by atoms with Crippen molar-refractivity contribution in [3.8, 4) is 11.3 Å². The lowest BCUT2D eigenvalue weighted by atomic mass is 10.0. The summed E-state index contributed by atoms with van der Waals surface area (Å²) in [6.07, 6.45) is 1.86. The van der Waals surface area contributed by atoms with Gasteiger partial charge in [-0.1, -0.05) is 18.2 Å². The highest BCUT2D eigenvalue weighted by Crippen LogP contribution is 2.34. The van der Waals surface area contributed by atoms with E-state index in [1.165, 1.54) is 11.1 Å². The molecule has 0 radical (unpaired) electrons. The van der Waals surface area contributed by atoms with Gasteiger partial charge in [0.1, 0.15) is 11.2 Å². The Morgan fingerprint density at radius 1 is 0.857 bits per heavy atom. The molecule has 0 aliphatic rings. The van der Waals surface area contributed by atoms with E-state index in [4.69, 9.17) is 4.42 Å². The maximum absolute atomic E-state index is 5.93. The highest BCUT2D eigenvalue weighted by molar-refractivity contribution is 6.06. The zero-order valence-corrected chi connectivity index (χ0v) is 12.1. The molecule has 0 unspecified atom stereocenters. The normalized spacial score (nSPS) is 11.3. The number of nitrogens with zero attached hydrogens (tertiary/aromatic N) is 1. The first-order valence-corrected chi connectivity index (χ1v) is 7.07. The smallest absolute Gasteiger partial charge is 0.135 e. The van der Waals surface area contributed by atoms with E-state index >= 15 is 0 Å². The standard InChI is InChI=1S/C19H15NO/c1-12-7-8-20-17(9-12)15-11-16-14-5-3-4-6-18(14)21-19(16)10-13(15)2/h3-11H,1-2H3. The second kappa shape index (κ2) is 4.45. The maximum atomic E-state index is 5.93. The van der Waals surface area contributed by atoms with Gasteiger partial charge >= 0.3 is 0 Å². The summed E-state index contributed by atoms with van der Waals surface area (Å²) in [7, 11) is 0. The van der Waals surface area contributed by atoms with Crippen LogP contribution in [0.4, 0.5) is 0 Å². The van der Waals surface area contributed by atoms with E-state index in [2.05, 4.69) is 43.1 Å². The van der Waals surface area contributed by atoms with E-state index in [0.717, 1.165) is 33.2 Å². The van der Waals surface area contributed by atoms with E-state index in [1.807, 2.05) is 30.5 Å². The van der Waals surface area contributed by atoms with E-state index in [-0.39, 0.29) is 0 Å². The minimum Gasteiger partial charge on any atom is -0.456 e. The number of para-hydroxylation sites is 1. The van der Waals surface area contributed by atoms with Crippen LogP contribution < -0.4 is 0 Å². The minimum absolute atomic E-state index is 0.932. The summed E-state index contributed by atoms with van der Waals surface area (Å²) in [5.41, 5.74) is 6.44. The highest BCUT2D eigenvalue weighted by atomic mass is 16.3. The Hall–Kier alpha value is -2.61. The van der Waals surface area contributed by atoms with Gasteiger partial charge < -0.3 is 4.42 Å². The Bertz CT molecular complexity index is 966. The third kappa shape index (κ3) is 1.91. The summed E-state index contributed by atoms with van der Waals surface area (Å²) < 4.78 is 5.93. The predicted octanol–water partition coefficient (Wildman–Crippen LogP) is 5.26. The van der Waals surface area contributed by atoms with Crippen molar-refractivity contribution in [1.29, 1.82) is 0 Å². The maximum Gasteiger partial charge on any atom is 0.135 e. The topological polar surface area (TPSA) is 26.0 Å². The van der Waals surface area contributed by atoms with Crippen LogP contribution in [0.15, 0.2) is 59.1 Å². The van der Waals surface area contributed by atoms with Crippen molar-refractivity contribution in [2.24, 2.45) is 0 Å². The second-order valence-electron chi connectivity index (χ2n) is 5.48. The van der Waals surface area contributed by atoms with Crippen molar-refractivity contribution < 1.29 is 4.42 Å². The molecule has 2 aromatic carbocycles. The minimum atomic E-state index is 0.932. The molecule has 21 heavy (non-hydrogen) atoms. The van der Waals surface area contributed by atoms with E-state index in [1.54, 1.807) is 0 Å². The summed E-state index contributed by atoms with van der Waals surface area (Å²) in [6.45, 7) is 4.19. The third-order valence-electron chi connectivity index (χ3n) is 3.92. The van der Waals surface area contributed by atoms with Gasteiger partial charge in [-0.15, -0.1) is 0 Å². The van der Waals surface area contributed by atoms with Gasteiger partial charge in [-0.25, -0.2) is 0 Å². The molecule has 0 N–H and O–H groups in total. The van der Waals surface area contributed by atoms with Crippen LogP contribution in [0.3, 0.4) is 0 Å². The first kappa shape index (κ1) is 12.2. The first-order chi connectivity index (χ1) is 10.2. The van der Waals surface area contributed by atoms with Crippen LogP contribution in [-0.2, 0) is 0 Å². The summed E-state index contributed by atoms with van der Waals surface area (Å²) in [6, 6.07) is 16.6. The number of furan rings is 1. The molecule has 0 aliphatic carbocycles. The van der Waals surface area contributed by atoms with Crippen molar-refractivity contribution in [3.63, 3.8) is 0 Å². The molecule has 0 amide bonds. The molecular weight excluding hydrogens is 258 g/mol. The monoisotopic (exact) mass is 273 g/mol. The summed E-state index contributed by atoms with van der Waals surface area (Å²) >= 11 is 0. The van der Waals surface area contributed by atoms with Crippen LogP contribution >= 0.6 is 0 Å². The van der Waals surface area contributed by atoms with Gasteiger partial charge in [0, 0.05) is 22.5 Å². The Morgan fingerprint density at radius 2 is 1.71 bits per heavy atom. The Morgan fingerprint density at radius 3 is 2.57 bits per heavy atom. The van der Waals surface area contributed by atoms with Gasteiger partial charge in [0.2, 0.25) is 0 Å². The number of rotatable bonds is 1. The summed E-state index contributed by atoms with van der Waals surface area (Å²) in [5, 5.41) is 2.30. The van der Waals surface area contributed by atoms with Gasteiger partial charge in [-0.3, -0.25) is 4.98 Å². The van der Waals surface area contributed by atoms with Crippen LogP contribution in [-0.4, -0.2) is 4.98 Å². The molecule has 2 nitrogen and oxygen atoms in total. The summed E-state index contributed by atoms with van der Waals surface area (Å²) in [4.78, 5) is 4.51. The van der Waals surface area contributed by atoms with Crippen LogP contribution in [0, 0.1) is 13.8 Å². The van der Waals surface area contributed by atoms with E-state index in [0.29, 0.717) is 0 Å². The molecule has 0 saturated heterocycles. The number of pyridine rings is 1. The summed E-state index contributed by atoms with van der Waals surface area (Å²) in [5.74, 6) is 0. The Balaban J connectivity index is 2.05. The molecule has 2 heteroatoms. The Kier molecular flexibility index (Phi) is 2.58. The van der Waals surface area contributed by atoms with Crippen molar-refractivity contribution in [1.82, 2.24) is 4.98 Å². The molecule has 4 rings (SSSR count). The number of aryl methyl sites for hydroxylation is 2. The lowest BCUT2D eigenvalue weighted by Gasteiger charge is -2.06. The van der Waals surface area contributed by atoms with Gasteiger partial charge in [-0.2, -0.15) is 0 Å². The fraction of sp³-hybridized carbons (Fsp3) is 0.105. The quantitative estimate of drug-likeness (QED) is 0.472. The number of hydrogen-bond donors (Lipinski definition) is 0. The van der Waals surface area contributed by atoms with Gasteiger partial charge in [0.25, 0.3) is 0 Å². The Labute approximate surface area is 123 Å². The van der Waals surface area contributed by atoms with Gasteiger partial charge in [-0.05, 0) is 55.3 Å². The molecule has 0 atom stereocenters. The fourth-order valence-electron chi connectivity index (χ4n) is 2.83. The molecule has 0 spiro atoms. The SMILES string of the molecule is Cc1ccnc(-c2cc3c(cc2C)oc2ccccc23)c1. The molecule has 2 heterocycles. The molecule has 0 saturated carbocycles. The number of aromatic nitrogens is 1. The average molecular weight is 273 g/mol. The molecule has 0 bridgehead atoms. The zero-order chi connectivity index (χ0) is 14.4.